The Morgan fingerprint density at radius 2 is 2.15 bits per heavy atom. The lowest BCUT2D eigenvalue weighted by molar-refractivity contribution is 0.0957. The van der Waals surface area contributed by atoms with Gasteiger partial charge in [-0.2, -0.15) is 0 Å². The van der Waals surface area contributed by atoms with E-state index in [4.69, 9.17) is 0 Å². The van der Waals surface area contributed by atoms with Crippen LogP contribution in [-0.4, -0.2) is 58.3 Å². The van der Waals surface area contributed by atoms with Crippen molar-refractivity contribution in [3.8, 4) is 0 Å². The van der Waals surface area contributed by atoms with E-state index in [9.17, 15) is 5.11 Å². The van der Waals surface area contributed by atoms with E-state index in [-0.39, 0.29) is 6.10 Å². The van der Waals surface area contributed by atoms with Gasteiger partial charge in [0.2, 0.25) is 5.95 Å². The van der Waals surface area contributed by atoms with Crippen molar-refractivity contribution in [1.29, 1.82) is 0 Å². The van der Waals surface area contributed by atoms with Gasteiger partial charge in [-0.05, 0) is 33.3 Å². The Morgan fingerprint density at radius 3 is 2.75 bits per heavy atom. The third kappa shape index (κ3) is 3.67. The molecule has 112 valence electrons. The Balaban J connectivity index is 2.07. The molecule has 0 saturated carbocycles. The van der Waals surface area contributed by atoms with Gasteiger partial charge in [0, 0.05) is 43.6 Å². The molecule has 20 heavy (non-hydrogen) atoms. The second-order valence-electron chi connectivity index (χ2n) is 5.79. The smallest absolute Gasteiger partial charge is 0.225 e. The van der Waals surface area contributed by atoms with E-state index >= 15 is 0 Å². The van der Waals surface area contributed by atoms with Gasteiger partial charge in [-0.1, -0.05) is 6.92 Å². The number of hydrogen-bond acceptors (Lipinski definition) is 5. The number of aliphatic hydroxyl groups is 1. The van der Waals surface area contributed by atoms with Crippen LogP contribution in [0.3, 0.4) is 0 Å². The highest BCUT2D eigenvalue weighted by atomic mass is 16.3. The van der Waals surface area contributed by atoms with Crippen molar-refractivity contribution in [3.63, 3.8) is 0 Å². The minimum absolute atomic E-state index is 0.272. The molecule has 0 aliphatic carbocycles. The largest absolute Gasteiger partial charge is 0.392 e. The molecule has 1 aromatic rings. The molecule has 1 fully saturated rings. The van der Waals surface area contributed by atoms with E-state index < -0.39 is 0 Å². The van der Waals surface area contributed by atoms with Gasteiger partial charge in [0.25, 0.3) is 0 Å². The third-order valence-electron chi connectivity index (χ3n) is 3.80. The summed E-state index contributed by atoms with van der Waals surface area (Å²) < 4.78 is 0. The second kappa shape index (κ2) is 6.50. The normalized spacial score (nSPS) is 22.1. The topological polar surface area (TPSA) is 52.5 Å². The van der Waals surface area contributed by atoms with Crippen molar-refractivity contribution in [2.75, 3.05) is 31.1 Å². The van der Waals surface area contributed by atoms with Gasteiger partial charge >= 0.3 is 0 Å². The molecule has 1 aliphatic heterocycles. The molecule has 2 rings (SSSR count). The van der Waals surface area contributed by atoms with E-state index in [0.717, 1.165) is 49.9 Å². The molecule has 0 bridgehead atoms. The Labute approximate surface area is 121 Å². The van der Waals surface area contributed by atoms with Crippen LogP contribution in [0.15, 0.2) is 6.07 Å². The molecular weight excluding hydrogens is 252 g/mol. The number of piperazine rings is 1. The Bertz CT molecular complexity index is 449. The average Bonchev–Trinajstić information content (AvgIpc) is 2.39. The summed E-state index contributed by atoms with van der Waals surface area (Å²) in [6, 6.07) is 2.46. The van der Waals surface area contributed by atoms with E-state index in [0.29, 0.717) is 6.04 Å². The minimum atomic E-state index is -0.272. The molecule has 0 unspecified atom stereocenters. The van der Waals surface area contributed by atoms with Crippen molar-refractivity contribution in [3.05, 3.63) is 17.5 Å². The summed E-state index contributed by atoms with van der Waals surface area (Å²) in [6.07, 6.45) is 0.666. The van der Waals surface area contributed by atoms with Crippen molar-refractivity contribution < 1.29 is 5.11 Å². The lowest BCUT2D eigenvalue weighted by Crippen LogP contribution is -2.54. The number of aromatic nitrogens is 2. The summed E-state index contributed by atoms with van der Waals surface area (Å²) in [7, 11) is 0. The maximum Gasteiger partial charge on any atom is 0.225 e. The Hall–Kier alpha value is -1.20. The first-order valence-electron chi connectivity index (χ1n) is 7.51. The molecule has 0 amide bonds. The summed E-state index contributed by atoms with van der Waals surface area (Å²) >= 11 is 0. The standard InChI is InChI=1S/C15H26N4O/c1-5-14-8-11(2)16-15(17-14)19-7-6-18(10-13(4)20)12(3)9-19/h8,12-13,20H,5-7,9-10H2,1-4H3/t12-,13+/m1/s1. The lowest BCUT2D eigenvalue weighted by atomic mass is 10.2. The number of nitrogens with zero attached hydrogens (tertiary/aromatic N) is 4. The fourth-order valence-corrected chi connectivity index (χ4v) is 2.73. The van der Waals surface area contributed by atoms with Crippen LogP contribution in [0.25, 0.3) is 0 Å². The molecule has 1 N–H and O–H groups in total. The maximum absolute atomic E-state index is 9.53. The monoisotopic (exact) mass is 278 g/mol. The van der Waals surface area contributed by atoms with Crippen LogP contribution in [0, 0.1) is 6.92 Å². The van der Waals surface area contributed by atoms with Crippen LogP contribution in [0.5, 0.6) is 0 Å². The van der Waals surface area contributed by atoms with Gasteiger partial charge in [0.05, 0.1) is 6.10 Å². The highest BCUT2D eigenvalue weighted by Gasteiger charge is 2.26. The molecule has 2 heterocycles. The van der Waals surface area contributed by atoms with Gasteiger partial charge in [-0.15, -0.1) is 0 Å². The molecular formula is C15H26N4O. The first-order chi connectivity index (χ1) is 9.49. The fourth-order valence-electron chi connectivity index (χ4n) is 2.73. The molecule has 1 aromatic heterocycles. The summed E-state index contributed by atoms with van der Waals surface area (Å²) in [6.45, 7) is 11.7. The van der Waals surface area contributed by atoms with Crippen molar-refractivity contribution in [1.82, 2.24) is 14.9 Å². The van der Waals surface area contributed by atoms with E-state index in [1.807, 2.05) is 13.8 Å². The second-order valence-corrected chi connectivity index (χ2v) is 5.79. The summed E-state index contributed by atoms with van der Waals surface area (Å²) in [5.74, 6) is 0.852. The number of rotatable bonds is 4. The zero-order valence-corrected chi connectivity index (χ0v) is 13.0. The first-order valence-corrected chi connectivity index (χ1v) is 7.51. The SMILES string of the molecule is CCc1cc(C)nc(N2CCN(C[C@H](C)O)[C@H](C)C2)n1. The van der Waals surface area contributed by atoms with E-state index in [1.165, 1.54) is 0 Å². The van der Waals surface area contributed by atoms with Gasteiger partial charge in [-0.3, -0.25) is 4.90 Å². The molecule has 5 heteroatoms. The summed E-state index contributed by atoms with van der Waals surface area (Å²) in [4.78, 5) is 13.8. The predicted molar refractivity (Wildman–Crippen MR) is 81.1 cm³/mol. The van der Waals surface area contributed by atoms with Crippen LogP contribution >= 0.6 is 0 Å². The molecule has 0 aromatic carbocycles. The van der Waals surface area contributed by atoms with Crippen LogP contribution in [0.4, 0.5) is 5.95 Å². The van der Waals surface area contributed by atoms with Gasteiger partial charge < -0.3 is 10.0 Å². The van der Waals surface area contributed by atoms with Crippen molar-refractivity contribution >= 4 is 5.95 Å². The van der Waals surface area contributed by atoms with Crippen LogP contribution < -0.4 is 4.90 Å². The average molecular weight is 278 g/mol. The number of anilines is 1. The predicted octanol–water partition coefficient (Wildman–Crippen LogP) is 1.24. The summed E-state index contributed by atoms with van der Waals surface area (Å²) in [5.41, 5.74) is 2.14. The van der Waals surface area contributed by atoms with Gasteiger partial charge in [0.1, 0.15) is 0 Å². The zero-order valence-electron chi connectivity index (χ0n) is 13.0. The molecule has 1 aliphatic rings. The van der Waals surface area contributed by atoms with Gasteiger partial charge in [-0.25, -0.2) is 9.97 Å². The summed E-state index contributed by atoms with van der Waals surface area (Å²) in [5, 5.41) is 9.53. The van der Waals surface area contributed by atoms with E-state index in [2.05, 4.69) is 39.7 Å². The molecule has 1 saturated heterocycles. The number of hydrogen-bond donors (Lipinski definition) is 1. The van der Waals surface area contributed by atoms with Gasteiger partial charge in [0.15, 0.2) is 0 Å². The molecule has 5 nitrogen and oxygen atoms in total. The van der Waals surface area contributed by atoms with Crippen LogP contribution in [0.1, 0.15) is 32.2 Å². The van der Waals surface area contributed by atoms with E-state index in [1.54, 1.807) is 0 Å². The Kier molecular flexibility index (Phi) is 4.94. The number of aliphatic hydroxyl groups excluding tert-OH is 1. The first kappa shape index (κ1) is 15.2. The molecule has 2 atom stereocenters. The quantitative estimate of drug-likeness (QED) is 0.898. The molecule has 0 spiro atoms. The highest BCUT2D eigenvalue weighted by Crippen LogP contribution is 2.17. The van der Waals surface area contributed by atoms with Crippen molar-refractivity contribution in [2.45, 2.75) is 46.3 Å². The third-order valence-corrected chi connectivity index (χ3v) is 3.80. The number of aryl methyl sites for hydroxylation is 2. The fraction of sp³-hybridized carbons (Fsp3) is 0.733. The molecule has 0 radical (unpaired) electrons. The van der Waals surface area contributed by atoms with Crippen molar-refractivity contribution in [2.24, 2.45) is 0 Å². The maximum atomic E-state index is 9.53. The zero-order chi connectivity index (χ0) is 14.7. The lowest BCUT2D eigenvalue weighted by Gasteiger charge is -2.40. The minimum Gasteiger partial charge on any atom is -0.392 e. The number of β-amino-alcohol motifs (C(OH)–C–C–N with tert-alkyl or cyclic N) is 1. The van der Waals surface area contributed by atoms with Crippen LogP contribution in [0.2, 0.25) is 0 Å². The van der Waals surface area contributed by atoms with Crippen LogP contribution in [-0.2, 0) is 6.42 Å². The Morgan fingerprint density at radius 1 is 1.40 bits per heavy atom. The highest BCUT2D eigenvalue weighted by molar-refractivity contribution is 5.33.